The molecular weight excluding hydrogens is 550 g/mol. The zero-order chi connectivity index (χ0) is 29.2. The van der Waals surface area contributed by atoms with E-state index in [4.69, 9.17) is 17.3 Å². The average molecular weight is 586 g/mol. The lowest BCUT2D eigenvalue weighted by Crippen LogP contribution is -2.58. The molecule has 0 bridgehead atoms. The molecule has 1 unspecified atom stereocenters. The van der Waals surface area contributed by atoms with Gasteiger partial charge in [-0.2, -0.15) is 0 Å². The quantitative estimate of drug-likeness (QED) is 0.288. The summed E-state index contributed by atoms with van der Waals surface area (Å²) in [6, 6.07) is 1.53. The molecule has 1 aromatic rings. The molecule has 0 radical (unpaired) electrons. The number of hydrogen-bond donors (Lipinski definition) is 5. The van der Waals surface area contributed by atoms with E-state index in [1.54, 1.807) is 0 Å². The van der Waals surface area contributed by atoms with Crippen LogP contribution in [0, 0.1) is 17.8 Å². The van der Waals surface area contributed by atoms with Crippen LogP contribution >= 0.6 is 11.6 Å². The molecule has 6 N–H and O–H groups in total. The molecule has 3 atom stereocenters. The molecule has 41 heavy (non-hydrogen) atoms. The third-order valence-corrected chi connectivity index (χ3v) is 10.1. The molecule has 1 aliphatic heterocycles. The van der Waals surface area contributed by atoms with Gasteiger partial charge in [0.15, 0.2) is 11.4 Å². The van der Waals surface area contributed by atoms with E-state index in [0.717, 1.165) is 38.3 Å². The summed E-state index contributed by atoms with van der Waals surface area (Å²) in [5.74, 6) is -5.78. The molecule has 6 rings (SSSR count). The molecule has 0 spiro atoms. The summed E-state index contributed by atoms with van der Waals surface area (Å²) in [5.41, 5.74) is 2.97. The number of halogens is 1. The highest BCUT2D eigenvalue weighted by atomic mass is 35.5. The number of phenolic OH excluding ortho intramolecular Hbond substituents is 1. The van der Waals surface area contributed by atoms with Crippen LogP contribution in [0.3, 0.4) is 0 Å². The van der Waals surface area contributed by atoms with E-state index in [1.165, 1.54) is 31.7 Å². The molecule has 3 fully saturated rings. The van der Waals surface area contributed by atoms with Gasteiger partial charge in [0.1, 0.15) is 22.8 Å². The number of rotatable bonds is 8. The second-order valence-electron chi connectivity index (χ2n) is 12.4. The van der Waals surface area contributed by atoms with Crippen molar-refractivity contribution in [3.8, 4) is 5.75 Å². The van der Waals surface area contributed by atoms with Gasteiger partial charge in [0.25, 0.3) is 5.91 Å². The standard InChI is InChI=1S/C30H36ClN3O7/c31-25-17(14-34(13-15-3-4-15)8-7-33-5-1-2-6-33)11-20(35)23-19(25)10-16-9-18-12-21(36)24(29(32)40)28(39)30(18,41)27(38)22(16)26(23)37/h11,15-16,18,35,37,39,41H,1-10,12-14H2,(H2,32,40)/t16?,18-,30-/m0/s1. The Hall–Kier alpha value is -2.92. The van der Waals surface area contributed by atoms with Crippen LogP contribution in [0.2, 0.25) is 5.02 Å². The molecule has 1 amide bonds. The van der Waals surface area contributed by atoms with Crippen LogP contribution in [-0.4, -0.2) is 86.0 Å². The third kappa shape index (κ3) is 4.74. The topological polar surface area (TPSA) is 165 Å². The van der Waals surface area contributed by atoms with E-state index in [2.05, 4.69) is 9.80 Å². The number of fused-ring (bicyclic) bond motifs is 3. The maximum Gasteiger partial charge on any atom is 0.255 e. The number of nitrogens with zero attached hydrogens (tertiary/aromatic N) is 2. The van der Waals surface area contributed by atoms with Crippen molar-refractivity contribution in [2.45, 2.75) is 57.1 Å². The Morgan fingerprint density at radius 2 is 1.85 bits per heavy atom. The first-order chi connectivity index (χ1) is 19.5. The number of likely N-dealkylation sites (tertiary alicyclic amines) is 1. The minimum absolute atomic E-state index is 0.0247. The van der Waals surface area contributed by atoms with Crippen molar-refractivity contribution in [1.82, 2.24) is 9.80 Å². The van der Waals surface area contributed by atoms with Gasteiger partial charge in [-0.15, -0.1) is 0 Å². The monoisotopic (exact) mass is 585 g/mol. The zero-order valence-electron chi connectivity index (χ0n) is 22.9. The van der Waals surface area contributed by atoms with Gasteiger partial charge in [0, 0.05) is 49.1 Å². The number of hydrogen-bond acceptors (Lipinski definition) is 9. The molecule has 2 saturated carbocycles. The largest absolute Gasteiger partial charge is 0.508 e. The molecule has 220 valence electrons. The number of carbonyl (C=O) groups is 3. The first kappa shape index (κ1) is 28.2. The second-order valence-corrected chi connectivity index (χ2v) is 12.7. The Bertz CT molecular complexity index is 1390. The fourth-order valence-electron chi connectivity index (χ4n) is 7.27. The Labute approximate surface area is 243 Å². The summed E-state index contributed by atoms with van der Waals surface area (Å²) in [4.78, 5) is 42.9. The van der Waals surface area contributed by atoms with Crippen LogP contribution in [0.15, 0.2) is 23.0 Å². The summed E-state index contributed by atoms with van der Waals surface area (Å²) < 4.78 is 0. The predicted octanol–water partition coefficient (Wildman–Crippen LogP) is 2.39. The van der Waals surface area contributed by atoms with Crippen molar-refractivity contribution in [2.75, 3.05) is 32.7 Å². The normalized spacial score (nSPS) is 28.3. The van der Waals surface area contributed by atoms with Gasteiger partial charge in [-0.05, 0) is 80.6 Å². The number of ketones is 2. The van der Waals surface area contributed by atoms with Gasteiger partial charge in [-0.1, -0.05) is 11.6 Å². The minimum atomic E-state index is -2.58. The van der Waals surface area contributed by atoms with Crippen LogP contribution in [0.25, 0.3) is 5.76 Å². The van der Waals surface area contributed by atoms with Crippen LogP contribution in [-0.2, 0) is 27.3 Å². The van der Waals surface area contributed by atoms with Gasteiger partial charge in [0.2, 0.25) is 5.78 Å². The molecule has 1 heterocycles. The van der Waals surface area contributed by atoms with Crippen LogP contribution in [0.5, 0.6) is 5.75 Å². The molecule has 1 saturated heterocycles. The predicted molar refractivity (Wildman–Crippen MR) is 150 cm³/mol. The van der Waals surface area contributed by atoms with Crippen LogP contribution in [0.4, 0.5) is 0 Å². The number of amides is 1. The van der Waals surface area contributed by atoms with Crippen LogP contribution < -0.4 is 5.73 Å². The summed E-state index contributed by atoms with van der Waals surface area (Å²) in [6.07, 6.45) is 4.80. The maximum absolute atomic E-state index is 13.7. The fraction of sp³-hybridized carbons (Fsp3) is 0.567. The van der Waals surface area contributed by atoms with Crippen molar-refractivity contribution >= 4 is 34.8 Å². The molecule has 11 heteroatoms. The zero-order valence-corrected chi connectivity index (χ0v) is 23.6. The number of carbonyl (C=O) groups excluding carboxylic acids is 3. The van der Waals surface area contributed by atoms with Crippen molar-refractivity contribution < 1.29 is 34.8 Å². The number of aromatic hydroxyl groups is 1. The van der Waals surface area contributed by atoms with Crippen molar-refractivity contribution in [1.29, 1.82) is 0 Å². The Morgan fingerprint density at radius 1 is 1.15 bits per heavy atom. The van der Waals surface area contributed by atoms with E-state index >= 15 is 0 Å². The number of aliphatic hydroxyl groups excluding tert-OH is 2. The van der Waals surface area contributed by atoms with E-state index in [-0.39, 0.29) is 36.1 Å². The summed E-state index contributed by atoms with van der Waals surface area (Å²) >= 11 is 6.95. The molecule has 5 aliphatic rings. The molecule has 4 aliphatic carbocycles. The molecular formula is C30H36ClN3O7. The molecule has 0 aromatic heterocycles. The van der Waals surface area contributed by atoms with E-state index in [9.17, 15) is 34.8 Å². The first-order valence-corrected chi connectivity index (χ1v) is 14.8. The highest BCUT2D eigenvalue weighted by molar-refractivity contribution is 6.32. The smallest absolute Gasteiger partial charge is 0.255 e. The van der Waals surface area contributed by atoms with Gasteiger partial charge in [0.05, 0.1) is 5.56 Å². The minimum Gasteiger partial charge on any atom is -0.508 e. The molecule has 1 aromatic carbocycles. The number of phenols is 1. The Kier molecular flexibility index (Phi) is 7.17. The Morgan fingerprint density at radius 3 is 2.51 bits per heavy atom. The average Bonchev–Trinajstić information content (AvgIpc) is 3.57. The van der Waals surface area contributed by atoms with Crippen molar-refractivity contribution in [2.24, 2.45) is 23.5 Å². The van der Waals surface area contributed by atoms with Crippen molar-refractivity contribution in [3.63, 3.8) is 0 Å². The summed E-state index contributed by atoms with van der Waals surface area (Å²) in [5, 5.41) is 44.9. The summed E-state index contributed by atoms with van der Waals surface area (Å²) in [6.45, 7) is 5.58. The Balaban J connectivity index is 1.33. The van der Waals surface area contributed by atoms with Crippen LogP contribution in [0.1, 0.15) is 55.2 Å². The number of primary amides is 1. The number of aliphatic hydroxyl groups is 3. The maximum atomic E-state index is 13.7. The summed E-state index contributed by atoms with van der Waals surface area (Å²) in [7, 11) is 0. The van der Waals surface area contributed by atoms with E-state index < -0.39 is 52.0 Å². The third-order valence-electron chi connectivity index (χ3n) is 9.61. The molecule has 10 nitrogen and oxygen atoms in total. The fourth-order valence-corrected chi connectivity index (χ4v) is 7.56. The highest BCUT2D eigenvalue weighted by Gasteiger charge is 2.60. The lowest BCUT2D eigenvalue weighted by atomic mass is 9.59. The highest BCUT2D eigenvalue weighted by Crippen LogP contribution is 2.53. The van der Waals surface area contributed by atoms with Crippen molar-refractivity contribution in [3.05, 3.63) is 44.7 Å². The van der Waals surface area contributed by atoms with Gasteiger partial charge >= 0.3 is 0 Å². The number of benzene rings is 1. The second kappa shape index (κ2) is 10.4. The van der Waals surface area contributed by atoms with E-state index in [1.807, 2.05) is 0 Å². The lowest BCUT2D eigenvalue weighted by molar-refractivity contribution is -0.147. The van der Waals surface area contributed by atoms with E-state index in [0.29, 0.717) is 23.0 Å². The van der Waals surface area contributed by atoms with Gasteiger partial charge in [-0.25, -0.2) is 0 Å². The first-order valence-electron chi connectivity index (χ1n) is 14.5. The van der Waals surface area contributed by atoms with Gasteiger partial charge in [-0.3, -0.25) is 19.3 Å². The lowest BCUT2D eigenvalue weighted by Gasteiger charge is -2.46. The number of nitrogens with two attached hydrogens (primary N) is 1. The number of Topliss-reactive ketones (excluding diaryl/α,β-unsaturated/α-hetero) is 2. The SMILES string of the molecule is NC(=O)C1=C(O)[C@@]2(O)C(=O)C3=C(O)c4c(O)cc(CN(CCN5CCCC5)CC5CC5)c(Cl)c4CC3C[C@H]2CC1=O. The van der Waals surface area contributed by atoms with Gasteiger partial charge < -0.3 is 31.1 Å².